The fourth-order valence-electron chi connectivity index (χ4n) is 3.53. The van der Waals surface area contributed by atoms with Crippen LogP contribution in [0.3, 0.4) is 0 Å². The Morgan fingerprint density at radius 1 is 0.857 bits per heavy atom. The minimum atomic E-state index is -2.57. The van der Waals surface area contributed by atoms with Crippen molar-refractivity contribution in [2.75, 3.05) is 19.6 Å². The van der Waals surface area contributed by atoms with Crippen molar-refractivity contribution in [2.45, 2.75) is 83.1 Å². The molecule has 4 unspecified atom stereocenters. The van der Waals surface area contributed by atoms with Crippen LogP contribution in [-0.4, -0.2) is 93.4 Å². The molecule has 0 aliphatic carbocycles. The van der Waals surface area contributed by atoms with Gasteiger partial charge in [0.2, 0.25) is 0 Å². The van der Waals surface area contributed by atoms with Crippen molar-refractivity contribution in [2.24, 2.45) is 0 Å². The highest BCUT2D eigenvalue weighted by molar-refractivity contribution is 5.70. The van der Waals surface area contributed by atoms with Gasteiger partial charge >= 0.3 is 12.2 Å². The van der Waals surface area contributed by atoms with Crippen LogP contribution in [0.5, 0.6) is 0 Å². The van der Waals surface area contributed by atoms with Crippen LogP contribution >= 0.6 is 0 Å². The summed E-state index contributed by atoms with van der Waals surface area (Å²) in [4.78, 5) is 26.9. The molecule has 0 aromatic carbocycles. The molecule has 3 aliphatic heterocycles. The van der Waals surface area contributed by atoms with E-state index >= 15 is 0 Å². The van der Waals surface area contributed by atoms with Crippen LogP contribution in [-0.2, 0) is 18.9 Å². The summed E-state index contributed by atoms with van der Waals surface area (Å²) < 4.78 is 22.4. The lowest BCUT2D eigenvalue weighted by Crippen LogP contribution is -2.58. The third-order valence-electron chi connectivity index (χ3n) is 4.63. The molecule has 10 heteroatoms. The number of carbonyl (C=O) groups excluding carboxylic acids is 2. The molecule has 0 spiro atoms. The van der Waals surface area contributed by atoms with Crippen LogP contribution in [0.2, 0.25) is 0 Å². The number of carbonyl (C=O) groups is 2. The number of likely N-dealkylation sites (tertiary alicyclic amines) is 2. The van der Waals surface area contributed by atoms with Crippen molar-refractivity contribution in [3.05, 3.63) is 0 Å². The van der Waals surface area contributed by atoms with Crippen molar-refractivity contribution >= 4 is 12.2 Å². The minimum absolute atomic E-state index is 0.0950. The van der Waals surface area contributed by atoms with Gasteiger partial charge in [0.1, 0.15) is 29.5 Å². The molecule has 3 saturated heterocycles. The maximum Gasteiger partial charge on any atom is 0.414 e. The Bertz CT molecular complexity index is 638. The van der Waals surface area contributed by atoms with E-state index in [1.54, 1.807) is 41.5 Å². The molecule has 10 nitrogen and oxygen atoms in total. The molecule has 3 fully saturated rings. The molecule has 0 aromatic rings. The van der Waals surface area contributed by atoms with Gasteiger partial charge in [-0.05, 0) is 41.5 Å². The van der Waals surface area contributed by atoms with Gasteiger partial charge in [0.15, 0.2) is 6.10 Å². The Labute approximate surface area is 164 Å². The predicted molar refractivity (Wildman–Crippen MR) is 95.2 cm³/mol. The minimum Gasteiger partial charge on any atom is -0.444 e. The summed E-state index contributed by atoms with van der Waals surface area (Å²) in [5.41, 5.74) is -1.41. The lowest BCUT2D eigenvalue weighted by molar-refractivity contribution is -0.316. The van der Waals surface area contributed by atoms with Crippen molar-refractivity contribution < 1.29 is 38.7 Å². The van der Waals surface area contributed by atoms with E-state index in [0.29, 0.717) is 0 Å². The average Bonchev–Trinajstić information content (AvgIpc) is 3.01. The third-order valence-corrected chi connectivity index (χ3v) is 4.63. The summed E-state index contributed by atoms with van der Waals surface area (Å²) >= 11 is 0. The smallest absolute Gasteiger partial charge is 0.414 e. The number of ether oxygens (including phenoxy) is 4. The molecule has 0 aromatic heterocycles. The Balaban J connectivity index is 1.66. The fraction of sp³-hybridized carbons (Fsp3) is 0.889. The van der Waals surface area contributed by atoms with E-state index in [2.05, 4.69) is 0 Å². The number of nitrogens with zero attached hydrogens (tertiary/aromatic N) is 2. The molecule has 2 amide bonds. The number of fused-ring (bicyclic) bond motifs is 2. The average molecular weight is 402 g/mol. The second-order valence-corrected chi connectivity index (χ2v) is 9.47. The Hall–Kier alpha value is -1.62. The van der Waals surface area contributed by atoms with Crippen LogP contribution in [0.15, 0.2) is 0 Å². The van der Waals surface area contributed by atoms with Crippen molar-refractivity contribution in [1.82, 2.24) is 9.80 Å². The van der Waals surface area contributed by atoms with Crippen molar-refractivity contribution in [3.8, 4) is 0 Å². The van der Waals surface area contributed by atoms with Crippen molar-refractivity contribution in [1.29, 1.82) is 0 Å². The van der Waals surface area contributed by atoms with Gasteiger partial charge in [-0.15, -0.1) is 0 Å². The Kier molecular flexibility index (Phi) is 5.06. The van der Waals surface area contributed by atoms with E-state index in [-0.39, 0.29) is 19.6 Å². The molecule has 28 heavy (non-hydrogen) atoms. The van der Waals surface area contributed by atoms with Gasteiger partial charge in [-0.25, -0.2) is 9.59 Å². The fourth-order valence-corrected chi connectivity index (χ4v) is 3.53. The highest BCUT2D eigenvalue weighted by Crippen LogP contribution is 2.38. The van der Waals surface area contributed by atoms with Gasteiger partial charge in [0.05, 0.1) is 19.6 Å². The van der Waals surface area contributed by atoms with E-state index in [1.165, 1.54) is 4.90 Å². The summed E-state index contributed by atoms with van der Waals surface area (Å²) in [7, 11) is 0. The number of amides is 2. The van der Waals surface area contributed by atoms with Gasteiger partial charge in [-0.2, -0.15) is 0 Å². The van der Waals surface area contributed by atoms with E-state index in [0.717, 1.165) is 4.90 Å². The predicted octanol–water partition coefficient (Wildman–Crippen LogP) is 0.647. The van der Waals surface area contributed by atoms with Gasteiger partial charge in [-0.1, -0.05) is 0 Å². The SMILES string of the molecule is CC(C)(C)OC(=O)N1CC2OC3CN(C(=O)OC(C)(C)C)C(O)(O)C3OC2C1. The second-order valence-electron chi connectivity index (χ2n) is 9.47. The molecule has 3 aliphatic rings. The molecule has 0 radical (unpaired) electrons. The molecule has 2 N–H and O–H groups in total. The molecular weight excluding hydrogens is 372 g/mol. The normalized spacial score (nSPS) is 32.0. The third kappa shape index (κ3) is 4.19. The van der Waals surface area contributed by atoms with Gasteiger partial charge in [0.25, 0.3) is 5.91 Å². The highest BCUT2D eigenvalue weighted by Gasteiger charge is 2.62. The molecule has 3 heterocycles. The molecule has 160 valence electrons. The van der Waals surface area contributed by atoms with Crippen molar-refractivity contribution in [3.63, 3.8) is 0 Å². The van der Waals surface area contributed by atoms with E-state index < -0.39 is 53.7 Å². The lowest BCUT2D eigenvalue weighted by atomic mass is 10.1. The second kappa shape index (κ2) is 6.72. The first-order chi connectivity index (χ1) is 12.7. The quantitative estimate of drug-likeness (QED) is 0.567. The standard InChI is InChI=1S/C18H30N2O8/c1-16(2,3)27-14(21)19-7-10-11(8-19)26-13-12(25-10)9-20(18(13,23)24)15(22)28-17(4,5)6/h10-13,23-24H,7-9H2,1-6H3. The zero-order valence-corrected chi connectivity index (χ0v) is 17.2. The first-order valence-electron chi connectivity index (χ1n) is 9.41. The van der Waals surface area contributed by atoms with Crippen LogP contribution in [0.25, 0.3) is 0 Å². The van der Waals surface area contributed by atoms with Crippen LogP contribution in [0.4, 0.5) is 9.59 Å². The molecule has 0 saturated carbocycles. The van der Waals surface area contributed by atoms with Crippen LogP contribution < -0.4 is 0 Å². The Morgan fingerprint density at radius 3 is 1.89 bits per heavy atom. The number of hydrogen-bond acceptors (Lipinski definition) is 8. The summed E-state index contributed by atoms with van der Waals surface area (Å²) in [5, 5.41) is 21.1. The first kappa shape index (κ1) is 21.1. The topological polar surface area (TPSA) is 118 Å². The van der Waals surface area contributed by atoms with Gasteiger partial charge in [0, 0.05) is 0 Å². The summed E-state index contributed by atoms with van der Waals surface area (Å²) in [6.45, 7) is 10.8. The summed E-state index contributed by atoms with van der Waals surface area (Å²) in [5.74, 6) is -2.57. The van der Waals surface area contributed by atoms with Gasteiger partial charge < -0.3 is 34.1 Å². The maximum atomic E-state index is 12.3. The largest absolute Gasteiger partial charge is 0.444 e. The van der Waals surface area contributed by atoms with Gasteiger partial charge in [-0.3, -0.25) is 4.90 Å². The van der Waals surface area contributed by atoms with Crippen LogP contribution in [0, 0.1) is 0 Å². The van der Waals surface area contributed by atoms with Crippen LogP contribution in [0.1, 0.15) is 41.5 Å². The van der Waals surface area contributed by atoms with E-state index in [4.69, 9.17) is 18.9 Å². The number of rotatable bonds is 0. The van der Waals surface area contributed by atoms with E-state index in [1.807, 2.05) is 0 Å². The summed E-state index contributed by atoms with van der Waals surface area (Å²) in [6, 6.07) is 0. The van der Waals surface area contributed by atoms with E-state index in [9.17, 15) is 19.8 Å². The molecule has 0 bridgehead atoms. The highest BCUT2D eigenvalue weighted by atomic mass is 16.7. The summed E-state index contributed by atoms with van der Waals surface area (Å²) in [6.07, 6.45) is -4.25. The Morgan fingerprint density at radius 2 is 1.36 bits per heavy atom. The maximum absolute atomic E-state index is 12.3. The monoisotopic (exact) mass is 402 g/mol. The first-order valence-corrected chi connectivity index (χ1v) is 9.41. The number of hydrogen-bond donors (Lipinski definition) is 2. The molecular formula is C18H30N2O8. The molecule has 3 rings (SSSR count). The zero-order valence-electron chi connectivity index (χ0n) is 17.2. The lowest BCUT2D eigenvalue weighted by Gasteiger charge is -2.37. The zero-order chi connectivity index (χ0) is 21.1. The molecule has 4 atom stereocenters. The number of aliphatic hydroxyl groups is 2.